The molecule has 0 saturated carbocycles. The summed E-state index contributed by atoms with van der Waals surface area (Å²) in [7, 11) is 1.68. The summed E-state index contributed by atoms with van der Waals surface area (Å²) in [6, 6.07) is 2.07. The zero-order valence-electron chi connectivity index (χ0n) is 13.5. The molecule has 0 aromatic carbocycles. The van der Waals surface area contributed by atoms with Crippen molar-refractivity contribution in [2.45, 2.75) is 26.3 Å². The Bertz CT molecular complexity index is 501. The SMILES string of the molecule is C=C(NCCCOC)/C(=C\NN)c1ccnc(NC(C)C)n1. The largest absolute Gasteiger partial charge is 0.385 e. The molecule has 122 valence electrons. The molecular formula is C15H26N6O. The molecule has 0 atom stereocenters. The lowest BCUT2D eigenvalue weighted by Crippen LogP contribution is -2.21. The van der Waals surface area contributed by atoms with Crippen LogP contribution in [0.4, 0.5) is 5.95 Å². The molecule has 1 aromatic heterocycles. The first-order valence-corrected chi connectivity index (χ1v) is 7.26. The van der Waals surface area contributed by atoms with Crippen LogP contribution in [-0.2, 0) is 4.74 Å². The predicted octanol–water partition coefficient (Wildman–Crippen LogP) is 1.24. The number of nitrogens with one attached hydrogen (secondary N) is 3. The number of hydrogen-bond acceptors (Lipinski definition) is 7. The number of ether oxygens (including phenoxy) is 1. The molecule has 0 fully saturated rings. The average Bonchev–Trinajstić information content (AvgIpc) is 2.48. The second-order valence-electron chi connectivity index (χ2n) is 5.04. The summed E-state index contributed by atoms with van der Waals surface area (Å²) < 4.78 is 5.02. The summed E-state index contributed by atoms with van der Waals surface area (Å²) >= 11 is 0. The van der Waals surface area contributed by atoms with Gasteiger partial charge in [0.05, 0.1) is 5.69 Å². The van der Waals surface area contributed by atoms with E-state index in [0.717, 1.165) is 29.9 Å². The summed E-state index contributed by atoms with van der Waals surface area (Å²) in [5.41, 5.74) is 4.80. The van der Waals surface area contributed by atoms with Crippen molar-refractivity contribution in [2.75, 3.05) is 25.6 Å². The van der Waals surface area contributed by atoms with Gasteiger partial charge in [-0.2, -0.15) is 0 Å². The van der Waals surface area contributed by atoms with Crippen LogP contribution in [0, 0.1) is 0 Å². The number of aromatic nitrogens is 2. The van der Waals surface area contributed by atoms with Crippen molar-refractivity contribution >= 4 is 11.5 Å². The number of hydrogen-bond donors (Lipinski definition) is 4. The molecule has 0 spiro atoms. The summed E-state index contributed by atoms with van der Waals surface area (Å²) in [4.78, 5) is 8.69. The average molecular weight is 306 g/mol. The Labute approximate surface area is 132 Å². The van der Waals surface area contributed by atoms with Crippen molar-refractivity contribution in [3.05, 3.63) is 36.4 Å². The van der Waals surface area contributed by atoms with Crippen LogP contribution in [0.3, 0.4) is 0 Å². The van der Waals surface area contributed by atoms with Crippen molar-refractivity contribution in [3.63, 3.8) is 0 Å². The number of allylic oxidation sites excluding steroid dienone is 1. The molecule has 1 rings (SSSR count). The van der Waals surface area contributed by atoms with E-state index in [0.29, 0.717) is 12.6 Å². The first-order chi connectivity index (χ1) is 10.6. The van der Waals surface area contributed by atoms with Gasteiger partial charge in [0.25, 0.3) is 0 Å². The van der Waals surface area contributed by atoms with Crippen LogP contribution in [0.25, 0.3) is 5.57 Å². The van der Waals surface area contributed by atoms with Gasteiger partial charge in [-0.1, -0.05) is 6.58 Å². The molecule has 1 aromatic rings. The fraction of sp³-hybridized carbons (Fsp3) is 0.467. The van der Waals surface area contributed by atoms with Gasteiger partial charge < -0.3 is 20.8 Å². The second kappa shape index (κ2) is 9.75. The van der Waals surface area contributed by atoms with E-state index in [1.165, 1.54) is 0 Å². The number of rotatable bonds is 10. The summed E-state index contributed by atoms with van der Waals surface area (Å²) in [6.45, 7) is 9.57. The molecule has 0 unspecified atom stereocenters. The Balaban J connectivity index is 2.82. The van der Waals surface area contributed by atoms with E-state index in [2.05, 4.69) is 32.6 Å². The van der Waals surface area contributed by atoms with E-state index in [1.54, 1.807) is 19.5 Å². The van der Waals surface area contributed by atoms with Gasteiger partial charge in [0.15, 0.2) is 0 Å². The fourth-order valence-corrected chi connectivity index (χ4v) is 1.79. The maximum absolute atomic E-state index is 5.43. The monoisotopic (exact) mass is 306 g/mol. The minimum absolute atomic E-state index is 0.255. The molecule has 0 amide bonds. The highest BCUT2D eigenvalue weighted by molar-refractivity contribution is 5.75. The van der Waals surface area contributed by atoms with Gasteiger partial charge in [0, 0.05) is 50.0 Å². The van der Waals surface area contributed by atoms with E-state index in [4.69, 9.17) is 10.6 Å². The summed E-state index contributed by atoms with van der Waals surface area (Å²) in [6.07, 6.45) is 4.26. The standard InChI is InChI=1S/C15H26N6O/c1-11(2)20-15-18-8-6-14(21-15)13(10-19-16)12(3)17-7-5-9-22-4/h6,8,10-11,17,19H,3,5,7,9,16H2,1-2,4H3,(H,18,20,21)/b13-10+. The molecule has 7 nitrogen and oxygen atoms in total. The van der Waals surface area contributed by atoms with Gasteiger partial charge in [-0.25, -0.2) is 9.97 Å². The predicted molar refractivity (Wildman–Crippen MR) is 89.7 cm³/mol. The van der Waals surface area contributed by atoms with Crippen LogP contribution >= 0.6 is 0 Å². The van der Waals surface area contributed by atoms with E-state index in [-0.39, 0.29) is 6.04 Å². The van der Waals surface area contributed by atoms with Crippen LogP contribution in [0.1, 0.15) is 26.0 Å². The van der Waals surface area contributed by atoms with Gasteiger partial charge in [-0.05, 0) is 26.3 Å². The third kappa shape index (κ3) is 6.11. The van der Waals surface area contributed by atoms with Gasteiger partial charge in [0.2, 0.25) is 5.95 Å². The van der Waals surface area contributed by atoms with Crippen LogP contribution in [0.5, 0.6) is 0 Å². The molecule has 1 heterocycles. The lowest BCUT2D eigenvalue weighted by Gasteiger charge is -2.14. The Morgan fingerprint density at radius 3 is 2.91 bits per heavy atom. The highest BCUT2D eigenvalue weighted by Gasteiger charge is 2.09. The lowest BCUT2D eigenvalue weighted by atomic mass is 10.1. The zero-order valence-corrected chi connectivity index (χ0v) is 13.5. The number of nitrogens with zero attached hydrogens (tertiary/aromatic N) is 2. The van der Waals surface area contributed by atoms with Crippen molar-refractivity contribution in [2.24, 2.45) is 5.84 Å². The molecule has 0 aliphatic carbocycles. The molecule has 22 heavy (non-hydrogen) atoms. The highest BCUT2D eigenvalue weighted by atomic mass is 16.5. The summed E-state index contributed by atoms with van der Waals surface area (Å²) in [5.74, 6) is 6.00. The zero-order chi connectivity index (χ0) is 16.4. The van der Waals surface area contributed by atoms with Crippen LogP contribution < -0.4 is 21.9 Å². The van der Waals surface area contributed by atoms with E-state index in [1.807, 2.05) is 19.9 Å². The number of hydrazine groups is 1. The van der Waals surface area contributed by atoms with E-state index in [9.17, 15) is 0 Å². The molecule has 5 N–H and O–H groups in total. The Morgan fingerprint density at radius 1 is 1.50 bits per heavy atom. The van der Waals surface area contributed by atoms with Gasteiger partial charge in [-0.15, -0.1) is 0 Å². The minimum atomic E-state index is 0.255. The highest BCUT2D eigenvalue weighted by Crippen LogP contribution is 2.18. The number of anilines is 1. The maximum atomic E-state index is 5.43. The molecule has 0 radical (unpaired) electrons. The van der Waals surface area contributed by atoms with Crippen molar-refractivity contribution in [1.29, 1.82) is 0 Å². The molecule has 7 heteroatoms. The molecule has 0 bridgehead atoms. The molecule has 0 aliphatic rings. The van der Waals surface area contributed by atoms with E-state index < -0.39 is 0 Å². The topological polar surface area (TPSA) is 97.1 Å². The normalized spacial score (nSPS) is 11.4. The number of methoxy groups -OCH3 is 1. The van der Waals surface area contributed by atoms with Gasteiger partial charge in [-0.3, -0.25) is 5.84 Å². The Morgan fingerprint density at radius 2 is 2.27 bits per heavy atom. The quantitative estimate of drug-likeness (QED) is 0.223. The first kappa shape index (κ1) is 17.9. The second-order valence-corrected chi connectivity index (χ2v) is 5.04. The van der Waals surface area contributed by atoms with Crippen molar-refractivity contribution in [1.82, 2.24) is 20.7 Å². The third-order valence-corrected chi connectivity index (χ3v) is 2.77. The minimum Gasteiger partial charge on any atom is -0.385 e. The first-order valence-electron chi connectivity index (χ1n) is 7.26. The van der Waals surface area contributed by atoms with Crippen molar-refractivity contribution < 1.29 is 4.74 Å². The smallest absolute Gasteiger partial charge is 0.223 e. The molecular weight excluding hydrogens is 280 g/mol. The summed E-state index contributed by atoms with van der Waals surface area (Å²) in [5, 5.41) is 6.42. The van der Waals surface area contributed by atoms with E-state index >= 15 is 0 Å². The maximum Gasteiger partial charge on any atom is 0.223 e. The lowest BCUT2D eigenvalue weighted by molar-refractivity contribution is 0.195. The Kier molecular flexibility index (Phi) is 7.95. The number of nitrogens with two attached hydrogens (primary N) is 1. The van der Waals surface area contributed by atoms with Crippen molar-refractivity contribution in [3.8, 4) is 0 Å². The van der Waals surface area contributed by atoms with Gasteiger partial charge in [0.1, 0.15) is 0 Å². The molecule has 0 aliphatic heterocycles. The van der Waals surface area contributed by atoms with Gasteiger partial charge >= 0.3 is 0 Å². The Hall–Kier alpha value is -2.12. The fourth-order valence-electron chi connectivity index (χ4n) is 1.79. The van der Waals surface area contributed by atoms with Crippen LogP contribution in [-0.4, -0.2) is 36.3 Å². The molecule has 0 saturated heterocycles. The van der Waals surface area contributed by atoms with Crippen LogP contribution in [0.15, 0.2) is 30.7 Å². The van der Waals surface area contributed by atoms with Crippen LogP contribution in [0.2, 0.25) is 0 Å². The third-order valence-electron chi connectivity index (χ3n) is 2.77.